The maximum Gasteiger partial charge on any atom is 0.117 e. The molecule has 2 aromatic rings. The molecule has 1 aliphatic carbocycles. The van der Waals surface area contributed by atoms with E-state index < -0.39 is 0 Å². The van der Waals surface area contributed by atoms with Crippen molar-refractivity contribution >= 4 is 5.69 Å². The molecule has 0 spiro atoms. The second kappa shape index (κ2) is 4.50. The highest BCUT2D eigenvalue weighted by Crippen LogP contribution is 2.36. The quantitative estimate of drug-likeness (QED) is 0.841. The van der Waals surface area contributed by atoms with Crippen LogP contribution in [0.15, 0.2) is 41.0 Å². The first-order valence-corrected chi connectivity index (χ1v) is 6.35. The lowest BCUT2D eigenvalue weighted by Gasteiger charge is -2.24. The standard InChI is InChI=1S/C15H18N2O/c1-17(10-13-3-2-8-18-13)15-7-4-11-9-12(16)5-6-14(11)15/h2-3,5-6,8-9,15H,4,7,10,16H2,1H3. The predicted octanol–water partition coefficient (Wildman–Crippen LogP) is 2.98. The summed E-state index contributed by atoms with van der Waals surface area (Å²) in [6, 6.07) is 10.7. The minimum atomic E-state index is 0.477. The van der Waals surface area contributed by atoms with E-state index in [1.165, 1.54) is 11.1 Å². The van der Waals surface area contributed by atoms with Gasteiger partial charge in [0.25, 0.3) is 0 Å². The molecule has 1 heterocycles. The first kappa shape index (κ1) is 11.4. The van der Waals surface area contributed by atoms with Crippen molar-refractivity contribution in [3.8, 4) is 0 Å². The van der Waals surface area contributed by atoms with Crippen molar-refractivity contribution in [2.45, 2.75) is 25.4 Å². The number of hydrogen-bond acceptors (Lipinski definition) is 3. The largest absolute Gasteiger partial charge is 0.468 e. The Balaban J connectivity index is 1.79. The molecule has 0 fully saturated rings. The summed E-state index contributed by atoms with van der Waals surface area (Å²) >= 11 is 0. The molecular weight excluding hydrogens is 224 g/mol. The van der Waals surface area contributed by atoms with Crippen molar-refractivity contribution in [3.05, 3.63) is 53.5 Å². The highest BCUT2D eigenvalue weighted by molar-refractivity contribution is 5.47. The van der Waals surface area contributed by atoms with E-state index in [2.05, 4.69) is 24.1 Å². The van der Waals surface area contributed by atoms with Crippen molar-refractivity contribution in [1.82, 2.24) is 4.90 Å². The van der Waals surface area contributed by atoms with E-state index in [0.29, 0.717) is 6.04 Å². The number of benzene rings is 1. The number of rotatable bonds is 3. The molecule has 0 radical (unpaired) electrons. The second-order valence-electron chi connectivity index (χ2n) is 5.01. The summed E-state index contributed by atoms with van der Waals surface area (Å²) in [6.45, 7) is 0.849. The molecule has 0 bridgehead atoms. The average molecular weight is 242 g/mol. The van der Waals surface area contributed by atoms with Gasteiger partial charge in [-0.2, -0.15) is 0 Å². The fraction of sp³-hybridized carbons (Fsp3) is 0.333. The van der Waals surface area contributed by atoms with Gasteiger partial charge in [0.1, 0.15) is 5.76 Å². The lowest BCUT2D eigenvalue weighted by atomic mass is 10.1. The Kier molecular flexibility index (Phi) is 2.84. The van der Waals surface area contributed by atoms with Crippen LogP contribution in [-0.2, 0) is 13.0 Å². The van der Waals surface area contributed by atoms with Gasteiger partial charge in [-0.1, -0.05) is 6.07 Å². The summed E-state index contributed by atoms with van der Waals surface area (Å²) in [5, 5.41) is 0. The van der Waals surface area contributed by atoms with Gasteiger partial charge in [-0.3, -0.25) is 4.90 Å². The monoisotopic (exact) mass is 242 g/mol. The minimum Gasteiger partial charge on any atom is -0.468 e. The molecule has 3 rings (SSSR count). The van der Waals surface area contributed by atoms with E-state index in [1.807, 2.05) is 18.2 Å². The molecule has 1 aliphatic rings. The summed E-state index contributed by atoms with van der Waals surface area (Å²) in [7, 11) is 2.15. The number of anilines is 1. The van der Waals surface area contributed by atoms with Crippen LogP contribution in [0, 0.1) is 0 Å². The summed E-state index contributed by atoms with van der Waals surface area (Å²) in [6.07, 6.45) is 4.01. The predicted molar refractivity (Wildman–Crippen MR) is 72.1 cm³/mol. The van der Waals surface area contributed by atoms with E-state index in [4.69, 9.17) is 10.2 Å². The Morgan fingerprint density at radius 2 is 2.28 bits per heavy atom. The lowest BCUT2D eigenvalue weighted by molar-refractivity contribution is 0.218. The highest BCUT2D eigenvalue weighted by Gasteiger charge is 2.26. The number of furan rings is 1. The average Bonchev–Trinajstić information content (AvgIpc) is 2.97. The zero-order chi connectivity index (χ0) is 12.5. The van der Waals surface area contributed by atoms with Gasteiger partial charge in [-0.15, -0.1) is 0 Å². The Hall–Kier alpha value is -1.74. The summed E-state index contributed by atoms with van der Waals surface area (Å²) in [5.74, 6) is 1.02. The Morgan fingerprint density at radius 1 is 1.39 bits per heavy atom. The van der Waals surface area contributed by atoms with Crippen LogP contribution in [0.5, 0.6) is 0 Å². The molecule has 94 valence electrons. The zero-order valence-electron chi connectivity index (χ0n) is 10.6. The number of nitrogens with two attached hydrogens (primary N) is 1. The number of hydrogen-bond donors (Lipinski definition) is 1. The molecule has 0 saturated carbocycles. The molecule has 2 N–H and O–H groups in total. The minimum absolute atomic E-state index is 0.477. The van der Waals surface area contributed by atoms with Crippen LogP contribution in [0.1, 0.15) is 29.3 Å². The van der Waals surface area contributed by atoms with Crippen LogP contribution >= 0.6 is 0 Å². The Labute approximate surface area is 107 Å². The lowest BCUT2D eigenvalue weighted by Crippen LogP contribution is -2.22. The molecular formula is C15H18N2O. The first-order chi connectivity index (χ1) is 8.74. The molecule has 1 aromatic carbocycles. The molecule has 1 atom stereocenters. The third-order valence-corrected chi connectivity index (χ3v) is 3.73. The smallest absolute Gasteiger partial charge is 0.117 e. The summed E-state index contributed by atoms with van der Waals surface area (Å²) < 4.78 is 5.41. The van der Waals surface area contributed by atoms with Crippen molar-refractivity contribution in [3.63, 3.8) is 0 Å². The maximum absolute atomic E-state index is 5.83. The SMILES string of the molecule is CN(Cc1ccco1)C1CCc2cc(N)ccc21. The van der Waals surface area contributed by atoms with Crippen molar-refractivity contribution in [1.29, 1.82) is 0 Å². The number of fused-ring (bicyclic) bond motifs is 1. The van der Waals surface area contributed by atoms with E-state index in [1.54, 1.807) is 6.26 Å². The normalized spacial score (nSPS) is 18.2. The third-order valence-electron chi connectivity index (χ3n) is 3.73. The Bertz CT molecular complexity index is 533. The maximum atomic E-state index is 5.83. The van der Waals surface area contributed by atoms with Gasteiger partial charge in [-0.25, -0.2) is 0 Å². The molecule has 1 unspecified atom stereocenters. The van der Waals surface area contributed by atoms with Crippen molar-refractivity contribution in [2.24, 2.45) is 0 Å². The van der Waals surface area contributed by atoms with E-state index in [0.717, 1.165) is 30.8 Å². The van der Waals surface area contributed by atoms with Gasteiger partial charge in [0.15, 0.2) is 0 Å². The van der Waals surface area contributed by atoms with Crippen LogP contribution < -0.4 is 5.73 Å². The second-order valence-corrected chi connectivity index (χ2v) is 5.01. The van der Waals surface area contributed by atoms with E-state index >= 15 is 0 Å². The zero-order valence-corrected chi connectivity index (χ0v) is 10.6. The van der Waals surface area contributed by atoms with Gasteiger partial charge in [0.2, 0.25) is 0 Å². The van der Waals surface area contributed by atoms with Crippen molar-refractivity contribution in [2.75, 3.05) is 12.8 Å². The molecule has 3 nitrogen and oxygen atoms in total. The van der Waals surface area contributed by atoms with Crippen LogP contribution in [0.2, 0.25) is 0 Å². The van der Waals surface area contributed by atoms with Gasteiger partial charge in [-0.05, 0) is 55.3 Å². The van der Waals surface area contributed by atoms with Crippen LogP contribution in [0.3, 0.4) is 0 Å². The van der Waals surface area contributed by atoms with Crippen molar-refractivity contribution < 1.29 is 4.42 Å². The van der Waals surface area contributed by atoms with Crippen LogP contribution in [0.25, 0.3) is 0 Å². The fourth-order valence-corrected chi connectivity index (χ4v) is 2.83. The number of aryl methyl sites for hydroxylation is 1. The van der Waals surface area contributed by atoms with E-state index in [9.17, 15) is 0 Å². The highest BCUT2D eigenvalue weighted by atomic mass is 16.3. The van der Waals surface area contributed by atoms with Crippen LogP contribution in [0.4, 0.5) is 5.69 Å². The summed E-state index contributed by atoms with van der Waals surface area (Å²) in [5.41, 5.74) is 9.51. The fourth-order valence-electron chi connectivity index (χ4n) is 2.83. The van der Waals surface area contributed by atoms with Gasteiger partial charge < -0.3 is 10.2 Å². The molecule has 3 heteroatoms. The summed E-state index contributed by atoms with van der Waals surface area (Å²) in [4.78, 5) is 2.35. The molecule has 0 saturated heterocycles. The van der Waals surface area contributed by atoms with E-state index in [-0.39, 0.29) is 0 Å². The molecule has 0 amide bonds. The number of nitrogen functional groups attached to an aromatic ring is 1. The molecule has 1 aromatic heterocycles. The van der Waals surface area contributed by atoms with Gasteiger partial charge in [0, 0.05) is 11.7 Å². The van der Waals surface area contributed by atoms with Gasteiger partial charge >= 0.3 is 0 Å². The first-order valence-electron chi connectivity index (χ1n) is 6.35. The molecule has 18 heavy (non-hydrogen) atoms. The van der Waals surface area contributed by atoms with Gasteiger partial charge in [0.05, 0.1) is 12.8 Å². The third kappa shape index (κ3) is 2.02. The molecule has 0 aliphatic heterocycles. The van der Waals surface area contributed by atoms with Crippen LogP contribution in [-0.4, -0.2) is 11.9 Å². The topological polar surface area (TPSA) is 42.4 Å². The number of nitrogens with zero attached hydrogens (tertiary/aromatic N) is 1. The Morgan fingerprint density at radius 3 is 3.06 bits per heavy atom.